The minimum absolute atomic E-state index is 0.0642. The number of hydrogen-bond donors (Lipinski definition) is 1. The number of unbranched alkanes of at least 4 members (excludes halogenated alkanes) is 15. The van der Waals surface area contributed by atoms with E-state index in [2.05, 4.69) is 6.92 Å². The third-order valence-electron chi connectivity index (χ3n) is 7.54. The Morgan fingerprint density at radius 1 is 0.774 bits per heavy atom. The molecule has 5 heteroatoms. The molecule has 0 spiro atoms. The normalized spacial score (nSPS) is 14.9. The van der Waals surface area contributed by atoms with E-state index in [0.29, 0.717) is 0 Å². The second kappa shape index (κ2) is 16.5. The highest BCUT2D eigenvalue weighted by atomic mass is 16.4. The Labute approximate surface area is 192 Å². The standard InChI is InChI=1S/C26H51NO4/c1-6-7-8-9-10-11-12-13-14-15-16-17-18-19-20-21-22-23(2)27(4,5)26(3,24(28)29)25(30)31/h23H,6-22H2,1-5H3,(H-,28,29,30,31). The number of hydrogen-bond acceptors (Lipinski definition) is 3. The zero-order chi connectivity index (χ0) is 23.8. The minimum Gasteiger partial charge on any atom is -0.543 e. The smallest absolute Gasteiger partial charge is 0.371 e. The average Bonchev–Trinajstić information content (AvgIpc) is 2.71. The number of carbonyl (C=O) groups is 2. The number of quaternary nitrogens is 1. The zero-order valence-electron chi connectivity index (χ0n) is 21.2. The first-order valence-corrected chi connectivity index (χ1v) is 12.9. The lowest BCUT2D eigenvalue weighted by Crippen LogP contribution is -2.72. The van der Waals surface area contributed by atoms with Crippen molar-refractivity contribution in [1.29, 1.82) is 0 Å². The van der Waals surface area contributed by atoms with Gasteiger partial charge in [-0.2, -0.15) is 0 Å². The lowest BCUT2D eigenvalue weighted by Gasteiger charge is -2.48. The molecule has 31 heavy (non-hydrogen) atoms. The summed E-state index contributed by atoms with van der Waals surface area (Å²) in [5, 5.41) is 21.0. The lowest BCUT2D eigenvalue weighted by atomic mass is 9.93. The fraction of sp³-hybridized carbons (Fsp3) is 0.923. The molecule has 0 radical (unpaired) electrons. The molecule has 0 aliphatic carbocycles. The van der Waals surface area contributed by atoms with Crippen molar-refractivity contribution >= 4 is 11.9 Å². The van der Waals surface area contributed by atoms with Gasteiger partial charge in [0.1, 0.15) is 5.97 Å². The molecular weight excluding hydrogens is 390 g/mol. The third kappa shape index (κ3) is 10.9. The van der Waals surface area contributed by atoms with Crippen LogP contribution in [0.5, 0.6) is 0 Å². The van der Waals surface area contributed by atoms with Crippen molar-refractivity contribution in [3.8, 4) is 0 Å². The van der Waals surface area contributed by atoms with Crippen molar-refractivity contribution in [2.45, 2.75) is 142 Å². The second-order valence-electron chi connectivity index (χ2n) is 10.1. The molecule has 0 saturated heterocycles. The summed E-state index contributed by atoms with van der Waals surface area (Å²) in [4.78, 5) is 23.1. The van der Waals surface area contributed by atoms with Gasteiger partial charge in [0.25, 0.3) is 0 Å². The van der Waals surface area contributed by atoms with Crippen LogP contribution in [-0.2, 0) is 9.59 Å². The Kier molecular flexibility index (Phi) is 15.9. The first-order valence-electron chi connectivity index (χ1n) is 12.9. The molecule has 0 amide bonds. The molecule has 0 aliphatic rings. The number of rotatable bonds is 21. The maximum absolute atomic E-state index is 11.6. The predicted molar refractivity (Wildman–Crippen MR) is 127 cm³/mol. The molecule has 0 rings (SSSR count). The monoisotopic (exact) mass is 441 g/mol. The van der Waals surface area contributed by atoms with Crippen LogP contribution in [0.25, 0.3) is 0 Å². The molecule has 5 nitrogen and oxygen atoms in total. The van der Waals surface area contributed by atoms with Gasteiger partial charge in [0.05, 0.1) is 20.1 Å². The number of nitrogens with zero attached hydrogens (tertiary/aromatic N) is 1. The molecule has 2 atom stereocenters. The van der Waals surface area contributed by atoms with Crippen molar-refractivity contribution in [2.24, 2.45) is 0 Å². The van der Waals surface area contributed by atoms with Gasteiger partial charge in [-0.1, -0.05) is 103 Å². The van der Waals surface area contributed by atoms with Gasteiger partial charge >= 0.3 is 5.97 Å². The van der Waals surface area contributed by atoms with Gasteiger partial charge in [-0.25, -0.2) is 4.79 Å². The van der Waals surface area contributed by atoms with Gasteiger partial charge < -0.3 is 19.5 Å². The SMILES string of the molecule is CCCCCCCCCCCCCCCCCCC(C)[N+](C)(C)C(C)(C(=O)[O-])C(=O)O. The van der Waals surface area contributed by atoms with E-state index in [-0.39, 0.29) is 10.5 Å². The Balaban J connectivity index is 3.74. The number of carbonyl (C=O) groups excluding carboxylic acids is 1. The van der Waals surface area contributed by atoms with Crippen LogP contribution in [0.3, 0.4) is 0 Å². The molecule has 0 aromatic rings. The Morgan fingerprint density at radius 3 is 1.39 bits per heavy atom. The molecule has 0 aliphatic heterocycles. The van der Waals surface area contributed by atoms with E-state index in [0.717, 1.165) is 19.3 Å². The zero-order valence-corrected chi connectivity index (χ0v) is 21.2. The third-order valence-corrected chi connectivity index (χ3v) is 7.54. The minimum atomic E-state index is -1.94. The summed E-state index contributed by atoms with van der Waals surface area (Å²) in [5.41, 5.74) is -1.94. The van der Waals surface area contributed by atoms with Crippen LogP contribution in [0, 0.1) is 0 Å². The van der Waals surface area contributed by atoms with E-state index < -0.39 is 17.5 Å². The summed E-state index contributed by atoms with van der Waals surface area (Å²) in [6, 6.07) is -0.0642. The van der Waals surface area contributed by atoms with Gasteiger partial charge in [0, 0.05) is 6.92 Å². The van der Waals surface area contributed by atoms with Crippen LogP contribution in [0.15, 0.2) is 0 Å². The van der Waals surface area contributed by atoms with Gasteiger partial charge in [0.15, 0.2) is 0 Å². The molecule has 0 bridgehead atoms. The summed E-state index contributed by atoms with van der Waals surface area (Å²) in [6.07, 6.45) is 21.9. The van der Waals surface area contributed by atoms with Gasteiger partial charge in [-0.3, -0.25) is 0 Å². The van der Waals surface area contributed by atoms with Crippen LogP contribution in [0.4, 0.5) is 0 Å². The van der Waals surface area contributed by atoms with E-state index in [9.17, 15) is 19.8 Å². The molecule has 0 heterocycles. The number of likely N-dealkylation sites (N-methyl/N-ethyl adjacent to an activating group) is 1. The first kappa shape index (κ1) is 29.9. The van der Waals surface area contributed by atoms with E-state index in [1.165, 1.54) is 96.8 Å². The highest BCUT2D eigenvalue weighted by molar-refractivity contribution is 6.00. The van der Waals surface area contributed by atoms with Gasteiger partial charge in [0.2, 0.25) is 5.54 Å². The topological polar surface area (TPSA) is 77.4 Å². The predicted octanol–water partition coefficient (Wildman–Crippen LogP) is 5.70. The Hall–Kier alpha value is -1.10. The van der Waals surface area contributed by atoms with E-state index in [1.807, 2.05) is 6.92 Å². The molecule has 0 saturated carbocycles. The fourth-order valence-electron chi connectivity index (χ4n) is 4.32. The van der Waals surface area contributed by atoms with Crippen molar-refractivity contribution in [2.75, 3.05) is 14.1 Å². The molecule has 184 valence electrons. The molecule has 0 aromatic carbocycles. The van der Waals surface area contributed by atoms with E-state index in [1.54, 1.807) is 14.1 Å². The van der Waals surface area contributed by atoms with Crippen LogP contribution in [0.1, 0.15) is 130 Å². The van der Waals surface area contributed by atoms with Crippen LogP contribution in [0.2, 0.25) is 0 Å². The van der Waals surface area contributed by atoms with Crippen LogP contribution in [-0.4, -0.2) is 47.2 Å². The molecular formula is C26H51NO4. The van der Waals surface area contributed by atoms with Crippen molar-refractivity contribution < 1.29 is 24.3 Å². The summed E-state index contributed by atoms with van der Waals surface area (Å²) in [5.74, 6) is -2.86. The Morgan fingerprint density at radius 2 is 1.10 bits per heavy atom. The lowest BCUT2D eigenvalue weighted by molar-refractivity contribution is -0.944. The maximum Gasteiger partial charge on any atom is 0.371 e. The molecule has 0 fully saturated rings. The molecule has 0 aromatic heterocycles. The van der Waals surface area contributed by atoms with Crippen LogP contribution >= 0.6 is 0 Å². The van der Waals surface area contributed by atoms with E-state index in [4.69, 9.17) is 0 Å². The molecule has 1 N–H and O–H groups in total. The van der Waals surface area contributed by atoms with Crippen molar-refractivity contribution in [3.05, 3.63) is 0 Å². The Bertz CT molecular complexity index is 476. The highest BCUT2D eigenvalue weighted by Gasteiger charge is 2.52. The summed E-state index contributed by atoms with van der Waals surface area (Å²) < 4.78 is -0.108. The van der Waals surface area contributed by atoms with Gasteiger partial charge in [-0.05, 0) is 19.8 Å². The summed E-state index contributed by atoms with van der Waals surface area (Å²) in [7, 11) is 3.36. The van der Waals surface area contributed by atoms with Crippen molar-refractivity contribution in [1.82, 2.24) is 0 Å². The first-order chi connectivity index (χ1) is 14.6. The number of carboxylic acid groups (broad SMARTS) is 2. The van der Waals surface area contributed by atoms with Crippen molar-refractivity contribution in [3.63, 3.8) is 0 Å². The number of carboxylic acids is 2. The average molecular weight is 442 g/mol. The van der Waals surface area contributed by atoms with Gasteiger partial charge in [-0.15, -0.1) is 0 Å². The van der Waals surface area contributed by atoms with Crippen LogP contribution < -0.4 is 5.11 Å². The summed E-state index contributed by atoms with van der Waals surface area (Å²) in [6.45, 7) is 5.46. The largest absolute Gasteiger partial charge is 0.543 e. The quantitative estimate of drug-likeness (QED) is 0.141. The summed E-state index contributed by atoms with van der Waals surface area (Å²) >= 11 is 0. The van der Waals surface area contributed by atoms with E-state index >= 15 is 0 Å². The fourth-order valence-corrected chi connectivity index (χ4v) is 4.32. The maximum atomic E-state index is 11.6. The molecule has 2 unspecified atom stereocenters. The number of aliphatic carboxylic acids is 2. The second-order valence-corrected chi connectivity index (χ2v) is 10.1. The highest BCUT2D eigenvalue weighted by Crippen LogP contribution is 2.27.